The topological polar surface area (TPSA) is 9.23 Å². The molecule has 0 heterocycles. The van der Waals surface area contributed by atoms with Gasteiger partial charge in [0, 0.05) is 0 Å². The third-order valence-electron chi connectivity index (χ3n) is 1.72. The summed E-state index contributed by atoms with van der Waals surface area (Å²) in [7, 11) is -0.340. The molecular weight excluding hydrogens is 191 g/mol. The summed E-state index contributed by atoms with van der Waals surface area (Å²) in [5.74, 6) is 0. The molecule has 0 spiro atoms. The first kappa shape index (κ1) is 13.8. The van der Waals surface area contributed by atoms with Crippen molar-refractivity contribution in [2.24, 2.45) is 0 Å². The van der Waals surface area contributed by atoms with Crippen LogP contribution >= 0.6 is 7.92 Å². The van der Waals surface area contributed by atoms with Gasteiger partial charge in [-0.25, -0.2) is 0 Å². The maximum Gasteiger partial charge on any atom is 0.114 e. The van der Waals surface area contributed by atoms with Gasteiger partial charge >= 0.3 is 0 Å². The van der Waals surface area contributed by atoms with Crippen LogP contribution in [0.5, 0.6) is 0 Å². The van der Waals surface area contributed by atoms with Crippen molar-refractivity contribution in [2.75, 3.05) is 6.61 Å². The summed E-state index contributed by atoms with van der Waals surface area (Å²) in [6.45, 7) is 16.2. The standard InChI is InChI=1S/C12H23OP/c1-8-13-9-10-14(11(2,3)4)12(5,6)7/h8H2,1-7H3. The van der Waals surface area contributed by atoms with Crippen LogP contribution < -0.4 is 0 Å². The normalized spacial score (nSPS) is 12.3. The van der Waals surface area contributed by atoms with Gasteiger partial charge < -0.3 is 4.74 Å². The molecule has 0 fully saturated rings. The Balaban J connectivity index is 4.71. The van der Waals surface area contributed by atoms with Gasteiger partial charge in [-0.05, 0) is 30.8 Å². The molecule has 0 aliphatic rings. The smallest absolute Gasteiger partial charge is 0.114 e. The van der Waals surface area contributed by atoms with Crippen molar-refractivity contribution in [3.63, 3.8) is 0 Å². The van der Waals surface area contributed by atoms with E-state index in [0.717, 1.165) is 0 Å². The van der Waals surface area contributed by atoms with E-state index in [-0.39, 0.29) is 18.2 Å². The Hall–Kier alpha value is -0.210. The molecule has 0 saturated heterocycles. The van der Waals surface area contributed by atoms with Crippen molar-refractivity contribution in [1.29, 1.82) is 0 Å². The lowest BCUT2D eigenvalue weighted by Crippen LogP contribution is -2.23. The van der Waals surface area contributed by atoms with Gasteiger partial charge in [0.15, 0.2) is 0 Å². The molecule has 14 heavy (non-hydrogen) atoms. The Morgan fingerprint density at radius 3 is 1.71 bits per heavy atom. The molecule has 0 N–H and O–H groups in total. The van der Waals surface area contributed by atoms with E-state index in [1.165, 1.54) is 0 Å². The summed E-state index contributed by atoms with van der Waals surface area (Å²) in [6.07, 6.45) is 2.83. The summed E-state index contributed by atoms with van der Waals surface area (Å²) in [5, 5.41) is 0.523. The average Bonchev–Trinajstić information content (AvgIpc) is 1.92. The minimum Gasteiger partial charge on any atom is -0.447 e. The summed E-state index contributed by atoms with van der Waals surface area (Å²) in [5.41, 5.74) is 3.29. The van der Waals surface area contributed by atoms with Crippen molar-refractivity contribution in [3.8, 4) is 11.8 Å². The summed E-state index contributed by atoms with van der Waals surface area (Å²) < 4.78 is 5.11. The predicted octanol–water partition coefficient (Wildman–Crippen LogP) is 4.02. The SMILES string of the molecule is CCOC#CP(C(C)(C)C)C(C)(C)C. The third kappa shape index (κ3) is 4.87. The van der Waals surface area contributed by atoms with Crippen LogP contribution in [-0.4, -0.2) is 16.9 Å². The van der Waals surface area contributed by atoms with Crippen molar-refractivity contribution >= 4 is 7.92 Å². The Morgan fingerprint density at radius 1 is 1.00 bits per heavy atom. The maximum atomic E-state index is 5.11. The summed E-state index contributed by atoms with van der Waals surface area (Å²) in [4.78, 5) is 0. The molecule has 0 rings (SSSR count). The van der Waals surface area contributed by atoms with Gasteiger partial charge in [0.05, 0.1) is 6.61 Å². The number of hydrogen-bond donors (Lipinski definition) is 0. The van der Waals surface area contributed by atoms with Crippen LogP contribution in [0.1, 0.15) is 48.5 Å². The van der Waals surface area contributed by atoms with Crippen molar-refractivity contribution in [2.45, 2.75) is 58.8 Å². The second-order valence-corrected chi connectivity index (χ2v) is 8.90. The van der Waals surface area contributed by atoms with Gasteiger partial charge in [-0.1, -0.05) is 41.5 Å². The van der Waals surface area contributed by atoms with Crippen LogP contribution in [0.3, 0.4) is 0 Å². The molecule has 0 saturated carbocycles. The molecule has 0 amide bonds. The monoisotopic (exact) mass is 214 g/mol. The van der Waals surface area contributed by atoms with E-state index in [1.807, 2.05) is 6.92 Å². The van der Waals surface area contributed by atoms with E-state index in [0.29, 0.717) is 6.61 Å². The highest BCUT2D eigenvalue weighted by atomic mass is 31.1. The number of rotatable bonds is 1. The van der Waals surface area contributed by atoms with Gasteiger partial charge in [0.25, 0.3) is 0 Å². The fourth-order valence-corrected chi connectivity index (χ4v) is 4.33. The van der Waals surface area contributed by atoms with Crippen molar-refractivity contribution in [1.82, 2.24) is 0 Å². The number of hydrogen-bond acceptors (Lipinski definition) is 1. The van der Waals surface area contributed by atoms with Crippen LogP contribution in [-0.2, 0) is 4.74 Å². The quantitative estimate of drug-likeness (QED) is 0.473. The van der Waals surface area contributed by atoms with Crippen LogP contribution in [0.4, 0.5) is 0 Å². The first-order valence-electron chi connectivity index (χ1n) is 5.12. The second-order valence-electron chi connectivity index (χ2n) is 5.32. The van der Waals surface area contributed by atoms with Crippen LogP contribution in [0.15, 0.2) is 0 Å². The fraction of sp³-hybridized carbons (Fsp3) is 0.833. The van der Waals surface area contributed by atoms with Crippen LogP contribution in [0.25, 0.3) is 0 Å². The van der Waals surface area contributed by atoms with E-state index in [2.05, 4.69) is 53.3 Å². The maximum absolute atomic E-state index is 5.11. The lowest BCUT2D eigenvalue weighted by atomic mass is 10.2. The lowest BCUT2D eigenvalue weighted by molar-refractivity contribution is 0.299. The molecule has 0 unspecified atom stereocenters. The average molecular weight is 214 g/mol. The molecule has 0 aliphatic carbocycles. The zero-order valence-corrected chi connectivity index (χ0v) is 11.5. The Kier molecular flexibility index (Phi) is 4.96. The van der Waals surface area contributed by atoms with Gasteiger partial charge in [0.1, 0.15) is 6.11 Å². The molecule has 1 nitrogen and oxygen atoms in total. The second kappa shape index (κ2) is 5.04. The molecule has 2 heteroatoms. The zero-order chi connectivity index (χ0) is 11.4. The fourth-order valence-electron chi connectivity index (χ4n) is 1.49. The van der Waals surface area contributed by atoms with Crippen LogP contribution in [0.2, 0.25) is 0 Å². The lowest BCUT2D eigenvalue weighted by Gasteiger charge is -2.36. The van der Waals surface area contributed by atoms with E-state index in [4.69, 9.17) is 4.74 Å². The molecule has 0 aromatic carbocycles. The van der Waals surface area contributed by atoms with Crippen molar-refractivity contribution < 1.29 is 4.74 Å². The van der Waals surface area contributed by atoms with Crippen LogP contribution in [0, 0.1) is 11.8 Å². The van der Waals surface area contributed by atoms with E-state index >= 15 is 0 Å². The molecule has 82 valence electrons. The Labute approximate surface area is 90.4 Å². The third-order valence-corrected chi connectivity index (χ3v) is 4.71. The van der Waals surface area contributed by atoms with Gasteiger partial charge in [-0.15, -0.1) is 0 Å². The molecule has 0 aliphatic heterocycles. The highest BCUT2D eigenvalue weighted by Crippen LogP contribution is 2.58. The molecule has 0 radical (unpaired) electrons. The molecule has 0 atom stereocenters. The zero-order valence-electron chi connectivity index (χ0n) is 10.6. The Bertz CT molecular complexity index is 207. The minimum atomic E-state index is -0.340. The van der Waals surface area contributed by atoms with E-state index < -0.39 is 0 Å². The highest BCUT2D eigenvalue weighted by Gasteiger charge is 2.33. The van der Waals surface area contributed by atoms with Crippen molar-refractivity contribution in [3.05, 3.63) is 0 Å². The van der Waals surface area contributed by atoms with E-state index in [9.17, 15) is 0 Å². The summed E-state index contributed by atoms with van der Waals surface area (Å²) in [6, 6.07) is 0. The van der Waals surface area contributed by atoms with Gasteiger partial charge in [0.2, 0.25) is 0 Å². The van der Waals surface area contributed by atoms with Gasteiger partial charge in [-0.3, -0.25) is 0 Å². The predicted molar refractivity (Wildman–Crippen MR) is 65.8 cm³/mol. The largest absolute Gasteiger partial charge is 0.447 e. The minimum absolute atomic E-state index is 0.262. The first-order valence-corrected chi connectivity index (χ1v) is 6.46. The first-order chi connectivity index (χ1) is 6.19. The highest BCUT2D eigenvalue weighted by molar-refractivity contribution is 7.65. The Morgan fingerprint density at radius 2 is 1.43 bits per heavy atom. The van der Waals surface area contributed by atoms with Gasteiger partial charge in [-0.2, -0.15) is 0 Å². The van der Waals surface area contributed by atoms with E-state index in [1.54, 1.807) is 0 Å². The number of ether oxygens (including phenoxy) is 1. The molecule has 0 bridgehead atoms. The summed E-state index contributed by atoms with van der Waals surface area (Å²) >= 11 is 0. The molecule has 0 aromatic rings. The molecular formula is C12H23OP. The molecule has 0 aromatic heterocycles.